The van der Waals surface area contributed by atoms with E-state index < -0.39 is 5.54 Å². The fraction of sp³-hybridized carbons (Fsp3) is 0.333. The van der Waals surface area contributed by atoms with Gasteiger partial charge in [-0.05, 0) is 25.3 Å². The Morgan fingerprint density at radius 2 is 2.31 bits per heavy atom. The van der Waals surface area contributed by atoms with E-state index in [2.05, 4.69) is 10.5 Å². The van der Waals surface area contributed by atoms with Crippen LogP contribution in [0.2, 0.25) is 5.02 Å². The third kappa shape index (κ3) is 2.65. The third-order valence-corrected chi connectivity index (χ3v) is 3.34. The molecule has 4 N–H and O–H groups in total. The Morgan fingerprint density at radius 1 is 1.69 bits per heavy atom. The number of oxime groups is 1. The number of nitrogens with one attached hydrogen (secondary N) is 1. The van der Waals surface area contributed by atoms with Crippen molar-refractivity contribution < 1.29 is 10.0 Å². The summed E-state index contributed by atoms with van der Waals surface area (Å²) in [6.45, 7) is 3.25. The van der Waals surface area contributed by atoms with Gasteiger partial charge >= 0.3 is 0 Å². The summed E-state index contributed by atoms with van der Waals surface area (Å²) in [6.07, 6.45) is 0. The second-order valence-corrected chi connectivity index (χ2v) is 4.99. The van der Waals surface area contributed by atoms with Crippen LogP contribution in [0.25, 0.3) is 0 Å². The van der Waals surface area contributed by atoms with Crippen molar-refractivity contribution in [1.82, 2.24) is 5.32 Å². The van der Waals surface area contributed by atoms with Crippen molar-refractivity contribution in [1.29, 1.82) is 0 Å². The number of hydrogen-bond donors (Lipinski definition) is 3. The quantitative estimate of drug-likeness (QED) is 0.335. The molecule has 0 aliphatic carbocycles. The molecule has 0 aliphatic heterocycles. The SMILES string of the molecule is CC(C)(NC(=O)c1sccc1Cl)/C(N)=N/O. The molecule has 16 heavy (non-hydrogen) atoms. The lowest BCUT2D eigenvalue weighted by Gasteiger charge is -2.24. The van der Waals surface area contributed by atoms with Gasteiger partial charge in [-0.1, -0.05) is 16.8 Å². The van der Waals surface area contributed by atoms with Gasteiger partial charge in [0.25, 0.3) is 5.91 Å². The van der Waals surface area contributed by atoms with Crippen LogP contribution in [0, 0.1) is 0 Å². The Balaban J connectivity index is 2.84. The molecule has 88 valence electrons. The summed E-state index contributed by atoms with van der Waals surface area (Å²) in [5, 5.41) is 16.1. The standard InChI is InChI=1S/C9H12ClN3O2S/c1-9(2,8(11)13-15)12-7(14)6-5(10)3-4-16-6/h3-4,15H,1-2H3,(H2,11,13)(H,12,14). The zero-order chi connectivity index (χ0) is 12.3. The van der Waals surface area contributed by atoms with Crippen LogP contribution in [0.1, 0.15) is 23.5 Å². The summed E-state index contributed by atoms with van der Waals surface area (Å²) in [4.78, 5) is 12.2. The Hall–Kier alpha value is -1.27. The van der Waals surface area contributed by atoms with Crippen LogP contribution >= 0.6 is 22.9 Å². The molecule has 0 unspecified atom stereocenters. The number of nitrogens with zero attached hydrogens (tertiary/aromatic N) is 1. The molecule has 1 rings (SSSR count). The molecule has 1 aromatic heterocycles. The van der Waals surface area contributed by atoms with Crippen LogP contribution in [-0.4, -0.2) is 22.5 Å². The van der Waals surface area contributed by atoms with Gasteiger partial charge in [-0.3, -0.25) is 4.79 Å². The van der Waals surface area contributed by atoms with Crippen LogP contribution in [0.3, 0.4) is 0 Å². The largest absolute Gasteiger partial charge is 0.409 e. The van der Waals surface area contributed by atoms with Crippen LogP contribution in [0.5, 0.6) is 0 Å². The van der Waals surface area contributed by atoms with E-state index in [0.717, 1.165) is 0 Å². The van der Waals surface area contributed by atoms with E-state index >= 15 is 0 Å². The van der Waals surface area contributed by atoms with E-state index in [1.165, 1.54) is 11.3 Å². The van der Waals surface area contributed by atoms with Gasteiger partial charge in [0.1, 0.15) is 4.88 Å². The van der Waals surface area contributed by atoms with Crippen molar-refractivity contribution in [2.75, 3.05) is 0 Å². The van der Waals surface area contributed by atoms with E-state index in [1.807, 2.05) is 0 Å². The monoisotopic (exact) mass is 261 g/mol. The van der Waals surface area contributed by atoms with Crippen molar-refractivity contribution in [3.8, 4) is 0 Å². The average Bonchev–Trinajstić information content (AvgIpc) is 2.62. The van der Waals surface area contributed by atoms with E-state index in [4.69, 9.17) is 22.5 Å². The lowest BCUT2D eigenvalue weighted by molar-refractivity contribution is 0.0935. The predicted octanol–water partition coefficient (Wildman–Crippen LogP) is 1.66. The molecule has 0 spiro atoms. The van der Waals surface area contributed by atoms with Crippen LogP contribution in [0.4, 0.5) is 0 Å². The summed E-state index contributed by atoms with van der Waals surface area (Å²) in [5.74, 6) is -0.426. The summed E-state index contributed by atoms with van der Waals surface area (Å²) < 4.78 is 0. The van der Waals surface area contributed by atoms with Crippen molar-refractivity contribution in [3.05, 3.63) is 21.3 Å². The summed E-state index contributed by atoms with van der Waals surface area (Å²) >= 11 is 7.05. The summed E-state index contributed by atoms with van der Waals surface area (Å²) in [5.41, 5.74) is 4.51. The first-order valence-corrected chi connectivity index (χ1v) is 5.67. The lowest BCUT2D eigenvalue weighted by atomic mass is 10.0. The molecule has 0 fully saturated rings. The van der Waals surface area contributed by atoms with Crippen LogP contribution in [0.15, 0.2) is 16.6 Å². The van der Waals surface area contributed by atoms with E-state index in [-0.39, 0.29) is 11.7 Å². The highest BCUT2D eigenvalue weighted by Crippen LogP contribution is 2.22. The first kappa shape index (κ1) is 12.8. The first-order chi connectivity index (χ1) is 7.38. The molecular weight excluding hydrogens is 250 g/mol. The molecule has 0 saturated carbocycles. The highest BCUT2D eigenvalue weighted by molar-refractivity contribution is 7.12. The minimum atomic E-state index is -0.931. The Labute approximate surface area is 102 Å². The average molecular weight is 262 g/mol. The topological polar surface area (TPSA) is 87.7 Å². The number of carbonyl (C=O) groups excluding carboxylic acids is 1. The maximum Gasteiger partial charge on any atom is 0.263 e. The van der Waals surface area contributed by atoms with Crippen molar-refractivity contribution in [3.63, 3.8) is 0 Å². The van der Waals surface area contributed by atoms with Gasteiger partial charge in [0.05, 0.1) is 10.6 Å². The second kappa shape index (κ2) is 4.71. The van der Waals surface area contributed by atoms with Crippen LogP contribution in [-0.2, 0) is 0 Å². The second-order valence-electron chi connectivity index (χ2n) is 3.66. The Kier molecular flexibility index (Phi) is 3.77. The van der Waals surface area contributed by atoms with Gasteiger partial charge in [0, 0.05) is 0 Å². The Bertz CT molecular complexity index is 428. The highest BCUT2D eigenvalue weighted by atomic mass is 35.5. The predicted molar refractivity (Wildman–Crippen MR) is 64.3 cm³/mol. The number of rotatable bonds is 3. The minimum Gasteiger partial charge on any atom is -0.409 e. The van der Waals surface area contributed by atoms with Gasteiger partial charge < -0.3 is 16.3 Å². The molecule has 7 heteroatoms. The zero-order valence-corrected chi connectivity index (χ0v) is 10.4. The normalized spacial score (nSPS) is 12.6. The summed E-state index contributed by atoms with van der Waals surface area (Å²) in [7, 11) is 0. The number of carbonyl (C=O) groups is 1. The van der Waals surface area contributed by atoms with Gasteiger partial charge in [-0.2, -0.15) is 0 Å². The highest BCUT2D eigenvalue weighted by Gasteiger charge is 2.27. The zero-order valence-electron chi connectivity index (χ0n) is 8.82. The molecule has 0 aromatic carbocycles. The molecule has 5 nitrogen and oxygen atoms in total. The Morgan fingerprint density at radius 3 is 2.75 bits per heavy atom. The van der Waals surface area contributed by atoms with Crippen molar-refractivity contribution in [2.45, 2.75) is 19.4 Å². The lowest BCUT2D eigenvalue weighted by Crippen LogP contribution is -2.53. The molecule has 0 aliphatic rings. The molecular formula is C9H12ClN3O2S. The maximum absolute atomic E-state index is 11.8. The molecule has 1 amide bonds. The number of thiophene rings is 1. The fourth-order valence-corrected chi connectivity index (χ4v) is 2.02. The molecule has 0 radical (unpaired) electrons. The van der Waals surface area contributed by atoms with Crippen molar-refractivity contribution >= 4 is 34.7 Å². The first-order valence-electron chi connectivity index (χ1n) is 4.42. The molecule has 0 saturated heterocycles. The summed E-state index contributed by atoms with van der Waals surface area (Å²) in [6, 6.07) is 1.64. The van der Waals surface area contributed by atoms with E-state index in [9.17, 15) is 4.79 Å². The van der Waals surface area contributed by atoms with Gasteiger partial charge in [-0.15, -0.1) is 11.3 Å². The number of hydrogen-bond acceptors (Lipinski definition) is 4. The number of amidine groups is 1. The minimum absolute atomic E-state index is 0.0754. The smallest absolute Gasteiger partial charge is 0.263 e. The van der Waals surface area contributed by atoms with E-state index in [1.54, 1.807) is 25.3 Å². The van der Waals surface area contributed by atoms with Gasteiger partial charge in [-0.25, -0.2) is 0 Å². The molecule has 1 aromatic rings. The van der Waals surface area contributed by atoms with Gasteiger partial charge in [0.15, 0.2) is 5.84 Å². The number of nitrogens with two attached hydrogens (primary N) is 1. The van der Waals surface area contributed by atoms with Gasteiger partial charge in [0.2, 0.25) is 0 Å². The molecule has 0 atom stereocenters. The maximum atomic E-state index is 11.8. The van der Waals surface area contributed by atoms with Crippen molar-refractivity contribution in [2.24, 2.45) is 10.9 Å². The third-order valence-electron chi connectivity index (χ3n) is 2.00. The number of amides is 1. The number of halogens is 1. The molecule has 0 bridgehead atoms. The van der Waals surface area contributed by atoms with E-state index in [0.29, 0.717) is 9.90 Å². The molecule has 1 heterocycles. The fourth-order valence-electron chi connectivity index (χ4n) is 0.985. The van der Waals surface area contributed by atoms with Crippen LogP contribution < -0.4 is 11.1 Å².